The van der Waals surface area contributed by atoms with E-state index in [9.17, 15) is 4.79 Å². The smallest absolute Gasteiger partial charge is 0.265 e. The third-order valence-corrected chi connectivity index (χ3v) is 5.75. The van der Waals surface area contributed by atoms with Crippen molar-refractivity contribution in [2.45, 2.75) is 37.0 Å². The van der Waals surface area contributed by atoms with E-state index in [4.69, 9.17) is 16.3 Å². The van der Waals surface area contributed by atoms with E-state index in [0.29, 0.717) is 17.2 Å². The van der Waals surface area contributed by atoms with Crippen molar-refractivity contribution in [2.24, 2.45) is 0 Å². The standard InChI is InChI=1S/C24H24ClNO2S/c1-3-23(28-20-9-7-8-19(25)15-20)24(27)26-22-13-12-18(14-17(22)2)16-29-21-10-5-4-6-11-21/h4-15,23H,3,16H2,1-2H3,(H,26,27). The number of carbonyl (C=O) groups excluding carboxylic acids is 1. The molecule has 0 heterocycles. The van der Waals surface area contributed by atoms with Crippen molar-refractivity contribution in [2.75, 3.05) is 5.32 Å². The molecular formula is C24H24ClNO2S. The number of rotatable bonds is 8. The van der Waals surface area contributed by atoms with Crippen LogP contribution in [0.25, 0.3) is 0 Å². The molecule has 0 bridgehead atoms. The van der Waals surface area contributed by atoms with E-state index in [2.05, 4.69) is 29.6 Å². The van der Waals surface area contributed by atoms with Crippen LogP contribution < -0.4 is 10.1 Å². The van der Waals surface area contributed by atoms with Gasteiger partial charge in [-0.05, 0) is 60.9 Å². The Bertz CT molecular complexity index is 962. The first-order chi connectivity index (χ1) is 14.0. The first-order valence-corrected chi connectivity index (χ1v) is 10.9. The van der Waals surface area contributed by atoms with Crippen LogP contribution >= 0.6 is 23.4 Å². The summed E-state index contributed by atoms with van der Waals surface area (Å²) in [7, 11) is 0. The minimum absolute atomic E-state index is 0.165. The highest BCUT2D eigenvalue weighted by molar-refractivity contribution is 7.98. The van der Waals surface area contributed by atoms with Crippen LogP contribution in [0.4, 0.5) is 5.69 Å². The Balaban J connectivity index is 1.61. The maximum atomic E-state index is 12.7. The van der Waals surface area contributed by atoms with Gasteiger partial charge in [-0.2, -0.15) is 0 Å². The third-order valence-electron chi connectivity index (χ3n) is 4.44. The summed E-state index contributed by atoms with van der Waals surface area (Å²) in [4.78, 5) is 13.9. The molecule has 0 saturated heterocycles. The van der Waals surface area contributed by atoms with Gasteiger partial charge in [0.2, 0.25) is 0 Å². The molecule has 0 aliphatic carbocycles. The lowest BCUT2D eigenvalue weighted by Gasteiger charge is -2.18. The average molecular weight is 426 g/mol. The van der Waals surface area contributed by atoms with Gasteiger partial charge in [0, 0.05) is 21.4 Å². The fourth-order valence-electron chi connectivity index (χ4n) is 2.88. The van der Waals surface area contributed by atoms with Crippen molar-refractivity contribution in [3.8, 4) is 5.75 Å². The highest BCUT2D eigenvalue weighted by Crippen LogP contribution is 2.25. The summed E-state index contributed by atoms with van der Waals surface area (Å²) in [6, 6.07) is 23.5. The number of thioether (sulfide) groups is 1. The molecule has 0 spiro atoms. The van der Waals surface area contributed by atoms with Gasteiger partial charge in [0.25, 0.3) is 5.91 Å². The third kappa shape index (κ3) is 6.28. The molecule has 5 heteroatoms. The molecule has 1 unspecified atom stereocenters. The number of nitrogens with one attached hydrogen (secondary N) is 1. The zero-order valence-electron chi connectivity index (χ0n) is 16.5. The van der Waals surface area contributed by atoms with E-state index in [0.717, 1.165) is 17.0 Å². The van der Waals surface area contributed by atoms with Crippen molar-refractivity contribution in [1.82, 2.24) is 0 Å². The van der Waals surface area contributed by atoms with Gasteiger partial charge < -0.3 is 10.1 Å². The molecule has 0 saturated carbocycles. The van der Waals surface area contributed by atoms with E-state index in [1.165, 1.54) is 10.5 Å². The van der Waals surface area contributed by atoms with Crippen molar-refractivity contribution >= 4 is 35.0 Å². The summed E-state index contributed by atoms with van der Waals surface area (Å²) in [5.74, 6) is 1.31. The van der Waals surface area contributed by atoms with Crippen molar-refractivity contribution in [3.63, 3.8) is 0 Å². The summed E-state index contributed by atoms with van der Waals surface area (Å²) >= 11 is 7.79. The number of amides is 1. The minimum atomic E-state index is -0.582. The van der Waals surface area contributed by atoms with E-state index in [1.54, 1.807) is 36.0 Å². The van der Waals surface area contributed by atoms with Gasteiger partial charge in [-0.1, -0.05) is 54.9 Å². The van der Waals surface area contributed by atoms with Crippen LogP contribution in [0.3, 0.4) is 0 Å². The molecule has 1 N–H and O–H groups in total. The van der Waals surface area contributed by atoms with Crippen LogP contribution in [0.1, 0.15) is 24.5 Å². The number of benzene rings is 3. The van der Waals surface area contributed by atoms with Crippen molar-refractivity contribution in [1.29, 1.82) is 0 Å². The molecule has 3 aromatic carbocycles. The van der Waals surface area contributed by atoms with E-state index in [1.807, 2.05) is 38.1 Å². The Hall–Kier alpha value is -2.43. The fraction of sp³-hybridized carbons (Fsp3) is 0.208. The lowest BCUT2D eigenvalue weighted by Crippen LogP contribution is -2.32. The Labute approximate surface area is 181 Å². The van der Waals surface area contributed by atoms with Gasteiger partial charge in [0.1, 0.15) is 5.75 Å². The van der Waals surface area contributed by atoms with E-state index >= 15 is 0 Å². The average Bonchev–Trinajstić information content (AvgIpc) is 2.73. The lowest BCUT2D eigenvalue weighted by atomic mass is 10.1. The Morgan fingerprint density at radius 2 is 1.86 bits per heavy atom. The molecule has 29 heavy (non-hydrogen) atoms. The number of halogens is 1. The number of aryl methyl sites for hydroxylation is 1. The number of hydrogen-bond donors (Lipinski definition) is 1. The topological polar surface area (TPSA) is 38.3 Å². The summed E-state index contributed by atoms with van der Waals surface area (Å²) in [6.45, 7) is 3.93. The number of hydrogen-bond acceptors (Lipinski definition) is 3. The molecule has 0 fully saturated rings. The Morgan fingerprint density at radius 3 is 2.55 bits per heavy atom. The lowest BCUT2D eigenvalue weighted by molar-refractivity contribution is -0.122. The molecule has 3 aromatic rings. The van der Waals surface area contributed by atoms with E-state index < -0.39 is 6.10 Å². The molecule has 3 rings (SSSR count). The van der Waals surface area contributed by atoms with Gasteiger partial charge in [0.15, 0.2) is 6.10 Å². The van der Waals surface area contributed by atoms with Gasteiger partial charge in [0.05, 0.1) is 0 Å². The van der Waals surface area contributed by atoms with Crippen LogP contribution in [0.2, 0.25) is 5.02 Å². The van der Waals surface area contributed by atoms with E-state index in [-0.39, 0.29) is 5.91 Å². The molecule has 150 valence electrons. The first kappa shape index (κ1) is 21.3. The molecule has 0 aliphatic rings. The van der Waals surface area contributed by atoms with Gasteiger partial charge in [-0.3, -0.25) is 4.79 Å². The summed E-state index contributed by atoms with van der Waals surface area (Å²) < 4.78 is 5.83. The predicted molar refractivity (Wildman–Crippen MR) is 122 cm³/mol. The number of anilines is 1. The monoisotopic (exact) mass is 425 g/mol. The van der Waals surface area contributed by atoms with Crippen LogP contribution in [-0.4, -0.2) is 12.0 Å². The van der Waals surface area contributed by atoms with Gasteiger partial charge in [-0.25, -0.2) is 0 Å². The Morgan fingerprint density at radius 1 is 1.07 bits per heavy atom. The SMILES string of the molecule is CCC(Oc1cccc(Cl)c1)C(=O)Nc1ccc(CSc2ccccc2)cc1C. The van der Waals surface area contributed by atoms with Crippen molar-refractivity contribution in [3.05, 3.63) is 88.9 Å². The summed E-state index contributed by atoms with van der Waals surface area (Å²) in [5.41, 5.74) is 3.05. The molecule has 1 atom stereocenters. The van der Waals surface area contributed by atoms with Crippen LogP contribution in [0.15, 0.2) is 77.7 Å². The number of ether oxygens (including phenoxy) is 1. The maximum absolute atomic E-state index is 12.7. The normalized spacial score (nSPS) is 11.7. The Kier molecular flexibility index (Phi) is 7.62. The highest BCUT2D eigenvalue weighted by atomic mass is 35.5. The molecular weight excluding hydrogens is 402 g/mol. The second-order valence-corrected chi connectivity index (χ2v) is 8.20. The van der Waals surface area contributed by atoms with Crippen LogP contribution in [0.5, 0.6) is 5.75 Å². The summed E-state index contributed by atoms with van der Waals surface area (Å²) in [6.07, 6.45) is -0.0235. The van der Waals surface area contributed by atoms with Crippen LogP contribution in [0, 0.1) is 6.92 Å². The largest absolute Gasteiger partial charge is 0.481 e. The molecule has 1 amide bonds. The summed E-state index contributed by atoms with van der Waals surface area (Å²) in [5, 5.41) is 3.57. The molecule has 3 nitrogen and oxygen atoms in total. The second kappa shape index (κ2) is 10.4. The molecule has 0 aromatic heterocycles. The predicted octanol–water partition coefficient (Wildman–Crippen LogP) is 6.74. The van der Waals surface area contributed by atoms with Gasteiger partial charge >= 0.3 is 0 Å². The molecule has 0 radical (unpaired) electrons. The number of carbonyl (C=O) groups is 1. The first-order valence-electron chi connectivity index (χ1n) is 9.55. The van der Waals surface area contributed by atoms with Gasteiger partial charge in [-0.15, -0.1) is 11.8 Å². The molecule has 0 aliphatic heterocycles. The second-order valence-electron chi connectivity index (χ2n) is 6.71. The maximum Gasteiger partial charge on any atom is 0.265 e. The zero-order valence-corrected chi connectivity index (χ0v) is 18.1. The van der Waals surface area contributed by atoms with Crippen LogP contribution in [-0.2, 0) is 10.5 Å². The minimum Gasteiger partial charge on any atom is -0.481 e. The fourth-order valence-corrected chi connectivity index (χ4v) is 3.92. The van der Waals surface area contributed by atoms with Crippen molar-refractivity contribution < 1.29 is 9.53 Å². The highest BCUT2D eigenvalue weighted by Gasteiger charge is 2.19. The zero-order chi connectivity index (χ0) is 20.6. The quantitative estimate of drug-likeness (QED) is 0.406.